The third-order valence-electron chi connectivity index (χ3n) is 2.85. The summed E-state index contributed by atoms with van der Waals surface area (Å²) >= 11 is 4.44. The molecule has 0 radical (unpaired) electrons. The van der Waals surface area contributed by atoms with Crippen LogP contribution in [0, 0.1) is 0 Å². The lowest BCUT2D eigenvalue weighted by Crippen LogP contribution is -2.26. The minimum Gasteiger partial charge on any atom is -0.494 e. The first-order valence-electron chi connectivity index (χ1n) is 6.42. The van der Waals surface area contributed by atoms with Gasteiger partial charge in [-0.05, 0) is 58.9 Å². The van der Waals surface area contributed by atoms with Crippen molar-refractivity contribution in [1.29, 1.82) is 0 Å². The average molecular weight is 390 g/mol. The fraction of sp³-hybridized carbons (Fsp3) is 0.286. The molecule has 1 heterocycles. The van der Waals surface area contributed by atoms with E-state index < -0.39 is 10.0 Å². The number of rotatable bonds is 6. The van der Waals surface area contributed by atoms with Crippen LogP contribution in [0.25, 0.3) is 0 Å². The van der Waals surface area contributed by atoms with E-state index in [1.54, 1.807) is 11.4 Å². The Balaban J connectivity index is 2.14. The highest BCUT2D eigenvalue weighted by Crippen LogP contribution is 2.29. The molecule has 1 aromatic carbocycles. The Kier molecular flexibility index (Phi) is 5.43. The van der Waals surface area contributed by atoms with Gasteiger partial charge in [0.1, 0.15) is 9.96 Å². The van der Waals surface area contributed by atoms with Gasteiger partial charge in [0.2, 0.25) is 0 Å². The predicted octanol–water partition coefficient (Wildman–Crippen LogP) is 3.95. The topological polar surface area (TPSA) is 55.4 Å². The number of ether oxygens (including phenoxy) is 1. The Morgan fingerprint density at radius 2 is 1.95 bits per heavy atom. The molecule has 2 aromatic rings. The maximum atomic E-state index is 12.3. The van der Waals surface area contributed by atoms with Crippen LogP contribution >= 0.6 is 27.3 Å². The normalized spacial score (nSPS) is 13.1. The van der Waals surface area contributed by atoms with Crippen LogP contribution in [0.1, 0.15) is 25.5 Å². The zero-order valence-corrected chi connectivity index (χ0v) is 14.9. The van der Waals surface area contributed by atoms with Crippen molar-refractivity contribution in [2.45, 2.75) is 24.1 Å². The molecule has 7 heteroatoms. The molecular weight excluding hydrogens is 374 g/mol. The van der Waals surface area contributed by atoms with Gasteiger partial charge < -0.3 is 4.74 Å². The molecule has 0 amide bonds. The maximum absolute atomic E-state index is 12.3. The van der Waals surface area contributed by atoms with Crippen molar-refractivity contribution in [2.24, 2.45) is 0 Å². The van der Waals surface area contributed by atoms with E-state index in [9.17, 15) is 8.42 Å². The quantitative estimate of drug-likeness (QED) is 0.813. The average Bonchev–Trinajstić information content (AvgIpc) is 2.86. The first-order chi connectivity index (χ1) is 9.94. The minimum atomic E-state index is -3.52. The van der Waals surface area contributed by atoms with Gasteiger partial charge in [0.15, 0.2) is 0 Å². The summed E-state index contributed by atoms with van der Waals surface area (Å²) in [6.07, 6.45) is 0. The van der Waals surface area contributed by atoms with Gasteiger partial charge in [-0.3, -0.25) is 0 Å². The van der Waals surface area contributed by atoms with Gasteiger partial charge in [-0.25, -0.2) is 13.1 Å². The Hall–Kier alpha value is -0.890. The highest BCUT2D eigenvalue weighted by molar-refractivity contribution is 9.10. The molecule has 0 aliphatic rings. The largest absolute Gasteiger partial charge is 0.494 e. The number of sulfonamides is 1. The second-order valence-corrected chi connectivity index (χ2v) is 8.08. The molecule has 1 atom stereocenters. The standard InChI is InChI=1S/C14H16BrNO3S2/c1-3-19-12-6-4-11(5-7-12)10(2)16-21(17,18)14-13(15)8-9-20-14/h4-10,16H,3H2,1-2H3. The summed E-state index contributed by atoms with van der Waals surface area (Å²) in [5, 5.41) is 1.74. The summed E-state index contributed by atoms with van der Waals surface area (Å²) in [5.74, 6) is 0.775. The fourth-order valence-electron chi connectivity index (χ4n) is 1.85. The van der Waals surface area contributed by atoms with Gasteiger partial charge in [-0.15, -0.1) is 11.3 Å². The second kappa shape index (κ2) is 6.91. The van der Waals surface area contributed by atoms with Crippen LogP contribution in [-0.4, -0.2) is 15.0 Å². The molecular formula is C14H16BrNO3S2. The SMILES string of the molecule is CCOc1ccc(C(C)NS(=O)(=O)c2sccc2Br)cc1. The molecule has 114 valence electrons. The van der Waals surface area contributed by atoms with E-state index in [1.165, 1.54) is 11.3 Å². The molecule has 0 fully saturated rings. The Labute approximate surface area is 137 Å². The fourth-order valence-corrected chi connectivity index (χ4v) is 5.43. The summed E-state index contributed by atoms with van der Waals surface area (Å²) in [6.45, 7) is 4.34. The van der Waals surface area contributed by atoms with E-state index in [0.717, 1.165) is 11.3 Å². The van der Waals surface area contributed by atoms with Crippen molar-refractivity contribution in [3.8, 4) is 5.75 Å². The van der Waals surface area contributed by atoms with Gasteiger partial charge >= 0.3 is 0 Å². The van der Waals surface area contributed by atoms with Crippen LogP contribution < -0.4 is 9.46 Å². The van der Waals surface area contributed by atoms with E-state index in [-0.39, 0.29) is 6.04 Å². The van der Waals surface area contributed by atoms with Gasteiger partial charge in [0.25, 0.3) is 10.0 Å². The van der Waals surface area contributed by atoms with Crippen molar-refractivity contribution in [3.05, 3.63) is 45.7 Å². The number of hydrogen-bond donors (Lipinski definition) is 1. The smallest absolute Gasteiger partial charge is 0.251 e. The van der Waals surface area contributed by atoms with E-state index in [1.807, 2.05) is 38.1 Å². The number of nitrogens with one attached hydrogen (secondary N) is 1. The number of hydrogen-bond acceptors (Lipinski definition) is 4. The Bertz CT molecular complexity index is 695. The summed E-state index contributed by atoms with van der Waals surface area (Å²) in [7, 11) is -3.52. The zero-order chi connectivity index (χ0) is 15.5. The van der Waals surface area contributed by atoms with Crippen LogP contribution in [0.3, 0.4) is 0 Å². The molecule has 1 N–H and O–H groups in total. The molecule has 0 aliphatic carbocycles. The molecule has 0 bridgehead atoms. The second-order valence-electron chi connectivity index (χ2n) is 4.40. The molecule has 4 nitrogen and oxygen atoms in total. The van der Waals surface area contributed by atoms with Crippen LogP contribution in [0.5, 0.6) is 5.75 Å². The molecule has 0 aliphatic heterocycles. The lowest BCUT2D eigenvalue weighted by Gasteiger charge is -2.14. The monoisotopic (exact) mass is 389 g/mol. The minimum absolute atomic E-state index is 0.292. The van der Waals surface area contributed by atoms with E-state index in [4.69, 9.17) is 4.74 Å². The molecule has 0 saturated carbocycles. The molecule has 2 rings (SSSR count). The lowest BCUT2D eigenvalue weighted by molar-refractivity contribution is 0.340. The maximum Gasteiger partial charge on any atom is 0.251 e. The van der Waals surface area contributed by atoms with Crippen LogP contribution in [0.4, 0.5) is 0 Å². The third-order valence-corrected chi connectivity index (χ3v) is 7.06. The Morgan fingerprint density at radius 1 is 1.29 bits per heavy atom. The zero-order valence-electron chi connectivity index (χ0n) is 11.7. The van der Waals surface area contributed by atoms with Crippen molar-refractivity contribution in [2.75, 3.05) is 6.61 Å². The molecule has 1 aromatic heterocycles. The lowest BCUT2D eigenvalue weighted by atomic mass is 10.1. The number of thiophene rings is 1. The molecule has 1 unspecified atom stereocenters. The first kappa shape index (κ1) is 16.5. The van der Waals surface area contributed by atoms with Crippen molar-refractivity contribution >= 4 is 37.3 Å². The van der Waals surface area contributed by atoms with Gasteiger partial charge in [-0.2, -0.15) is 0 Å². The van der Waals surface area contributed by atoms with Crippen LogP contribution in [-0.2, 0) is 10.0 Å². The van der Waals surface area contributed by atoms with Gasteiger partial charge in [0.05, 0.1) is 6.61 Å². The summed E-state index contributed by atoms with van der Waals surface area (Å²) in [5.41, 5.74) is 0.884. The summed E-state index contributed by atoms with van der Waals surface area (Å²) < 4.78 is 33.6. The molecule has 0 saturated heterocycles. The third kappa shape index (κ3) is 4.06. The number of halogens is 1. The van der Waals surface area contributed by atoms with Crippen molar-refractivity contribution in [3.63, 3.8) is 0 Å². The first-order valence-corrected chi connectivity index (χ1v) is 9.57. The molecule has 21 heavy (non-hydrogen) atoms. The summed E-state index contributed by atoms with van der Waals surface area (Å²) in [4.78, 5) is 0. The van der Waals surface area contributed by atoms with Crippen molar-refractivity contribution < 1.29 is 13.2 Å². The predicted molar refractivity (Wildman–Crippen MR) is 88.4 cm³/mol. The van der Waals surface area contributed by atoms with E-state index >= 15 is 0 Å². The Morgan fingerprint density at radius 3 is 2.48 bits per heavy atom. The summed E-state index contributed by atoms with van der Waals surface area (Å²) in [6, 6.07) is 8.80. The molecule has 0 spiro atoms. The van der Waals surface area contributed by atoms with Gasteiger partial charge in [-0.1, -0.05) is 12.1 Å². The van der Waals surface area contributed by atoms with E-state index in [0.29, 0.717) is 15.3 Å². The van der Waals surface area contributed by atoms with Crippen molar-refractivity contribution in [1.82, 2.24) is 4.72 Å². The van der Waals surface area contributed by atoms with Crippen LogP contribution in [0.15, 0.2) is 44.4 Å². The number of benzene rings is 1. The van der Waals surface area contributed by atoms with Crippen LogP contribution in [0.2, 0.25) is 0 Å². The van der Waals surface area contributed by atoms with E-state index in [2.05, 4.69) is 20.7 Å². The highest BCUT2D eigenvalue weighted by Gasteiger charge is 2.22. The van der Waals surface area contributed by atoms with Gasteiger partial charge in [0, 0.05) is 10.5 Å². The highest BCUT2D eigenvalue weighted by atomic mass is 79.9.